The van der Waals surface area contributed by atoms with E-state index in [0.717, 1.165) is 22.4 Å². The second-order valence-electron chi connectivity index (χ2n) is 21.5. The number of rotatable bonds is 2. The molecule has 66 heavy (non-hydrogen) atoms. The number of hydrogen-bond acceptors (Lipinski definition) is 4. The monoisotopic (exact) mass is 869 g/mol. The lowest BCUT2D eigenvalue weighted by atomic mass is 9.43. The van der Waals surface area contributed by atoms with Gasteiger partial charge in [-0.15, -0.1) is 11.3 Å². The zero-order valence-electron chi connectivity index (χ0n) is 38.6. The van der Waals surface area contributed by atoms with Crippen LogP contribution in [0.4, 0.5) is 11.4 Å². The maximum Gasteiger partial charge on any atom is 0.333 e. The first-order valence-corrected chi connectivity index (χ1v) is 24.2. The number of hydrogen-bond donors (Lipinski definition) is 0. The Kier molecular flexibility index (Phi) is 7.39. The highest BCUT2D eigenvalue weighted by atomic mass is 32.1. The fourth-order valence-electron chi connectivity index (χ4n) is 12.1. The summed E-state index contributed by atoms with van der Waals surface area (Å²) in [6.07, 6.45) is 0. The zero-order chi connectivity index (χ0) is 44.8. The summed E-state index contributed by atoms with van der Waals surface area (Å²) in [7, 11) is 0. The van der Waals surface area contributed by atoms with Crippen molar-refractivity contribution in [2.45, 2.75) is 71.6 Å². The average Bonchev–Trinajstić information content (AvgIpc) is 4.05. The third kappa shape index (κ3) is 4.98. The van der Waals surface area contributed by atoms with Gasteiger partial charge in [0, 0.05) is 70.6 Å². The molecule has 14 rings (SSSR count). The van der Waals surface area contributed by atoms with Crippen molar-refractivity contribution in [1.29, 1.82) is 0 Å². The van der Waals surface area contributed by atoms with Gasteiger partial charge in [-0.3, -0.25) is 0 Å². The highest BCUT2D eigenvalue weighted by Gasteiger charge is 2.50. The summed E-state index contributed by atoms with van der Waals surface area (Å²) in [5, 5.41) is 5.24. The molecule has 1 aliphatic carbocycles. The molecule has 0 amide bonds. The second kappa shape index (κ2) is 12.7. The number of anilines is 2. The summed E-state index contributed by atoms with van der Waals surface area (Å²) in [4.78, 5) is 7.94. The third-order valence-corrected chi connectivity index (χ3v) is 16.4. The van der Waals surface area contributed by atoms with E-state index in [2.05, 4.69) is 204 Å². The first-order valence-electron chi connectivity index (χ1n) is 23.4. The minimum absolute atomic E-state index is 0.0132. The highest BCUT2D eigenvalue weighted by molar-refractivity contribution is 7.25. The maximum absolute atomic E-state index is 6.77. The number of oxazole rings is 1. The third-order valence-electron chi connectivity index (χ3n) is 15.3. The van der Waals surface area contributed by atoms with E-state index < -0.39 is 0 Å². The van der Waals surface area contributed by atoms with Crippen LogP contribution in [-0.2, 0) is 16.2 Å². The van der Waals surface area contributed by atoms with E-state index >= 15 is 0 Å². The molecule has 0 bridgehead atoms. The number of thiophene rings is 1. The van der Waals surface area contributed by atoms with E-state index in [9.17, 15) is 0 Å². The van der Waals surface area contributed by atoms with Crippen molar-refractivity contribution in [3.63, 3.8) is 0 Å². The summed E-state index contributed by atoms with van der Waals surface area (Å²) in [6.45, 7) is 18.7. The molecule has 0 spiro atoms. The molecule has 3 aliphatic rings. The summed E-state index contributed by atoms with van der Waals surface area (Å²) in [5.74, 6) is 0.635. The molecule has 0 saturated carbocycles. The first-order chi connectivity index (χ1) is 31.8. The lowest BCUT2D eigenvalue weighted by Gasteiger charge is -2.43. The van der Waals surface area contributed by atoms with Gasteiger partial charge in [-0.25, -0.2) is 4.98 Å². The predicted octanol–water partition coefficient (Wildman–Crippen LogP) is 15.1. The van der Waals surface area contributed by atoms with E-state index in [-0.39, 0.29) is 23.1 Å². The molecule has 0 radical (unpaired) electrons. The quantitative estimate of drug-likeness (QED) is 0.162. The minimum Gasteiger partial charge on any atom is -0.436 e. The van der Waals surface area contributed by atoms with Crippen molar-refractivity contribution in [2.24, 2.45) is 0 Å². The topological polar surface area (TPSA) is 34.2 Å². The van der Waals surface area contributed by atoms with Gasteiger partial charge in [0.1, 0.15) is 5.52 Å². The SMILES string of the molecule is CC(C)(C)c1ccc(N2B3c4cc5nc(-c6ccccc6)oc5cc4-n4c5ccc(C(C)(C)C)cc5c5c6c(c(c3c54)-c3cc4sc5ccccc5c4cc32)C(C)(C)c2ccccc2-6)cc1. The normalized spacial score (nSPS) is 14.7. The molecule has 3 aromatic heterocycles. The molecular formula is C60H48BN3OS. The van der Waals surface area contributed by atoms with Gasteiger partial charge < -0.3 is 13.8 Å². The molecular weight excluding hydrogens is 822 g/mol. The zero-order valence-corrected chi connectivity index (χ0v) is 39.4. The van der Waals surface area contributed by atoms with Gasteiger partial charge in [0.05, 0.1) is 11.0 Å². The Hall–Kier alpha value is -6.89. The molecule has 0 saturated heterocycles. The Morgan fingerprint density at radius 2 is 1.35 bits per heavy atom. The van der Waals surface area contributed by atoms with Crippen LogP contribution in [0.1, 0.15) is 77.6 Å². The Bertz CT molecular complexity index is 3930. The van der Waals surface area contributed by atoms with Crippen LogP contribution < -0.4 is 15.7 Å². The molecule has 0 fully saturated rings. The van der Waals surface area contributed by atoms with Gasteiger partial charge in [0.25, 0.3) is 0 Å². The van der Waals surface area contributed by atoms with E-state index in [4.69, 9.17) is 9.40 Å². The van der Waals surface area contributed by atoms with Crippen molar-refractivity contribution in [2.75, 3.05) is 4.81 Å². The molecule has 0 unspecified atom stereocenters. The standard InChI is InChI=1S/C60H48BN3OS/c1-58(2,3)34-22-25-36(26-23-34)64-46-29-39-37-18-13-15-21-49(37)66-50(39)30-41(46)53-54-51(38-19-12-14-20-42(38)60(54,7)8)52-40-28-35(59(4,5)6)24-27-45(40)63-47-32-48-44(31-43(47)61(64)55(53)56(52)63)62-57(65-48)33-16-10-9-11-17-33/h9-32H,1-8H3. The molecule has 0 atom stereocenters. The van der Waals surface area contributed by atoms with Crippen molar-refractivity contribution in [1.82, 2.24) is 9.55 Å². The van der Waals surface area contributed by atoms with E-state index in [1.807, 2.05) is 17.4 Å². The summed E-state index contributed by atoms with van der Waals surface area (Å²) in [6, 6.07) is 54.9. The number of aromatic nitrogens is 2. The van der Waals surface area contributed by atoms with Gasteiger partial charge in [-0.05, 0) is 121 Å². The molecule has 318 valence electrons. The lowest BCUT2D eigenvalue weighted by molar-refractivity contribution is 0.590. The molecule has 5 heterocycles. The minimum atomic E-state index is -0.281. The van der Waals surface area contributed by atoms with Crippen LogP contribution in [0.15, 0.2) is 150 Å². The molecule has 2 aliphatic heterocycles. The lowest BCUT2D eigenvalue weighted by Crippen LogP contribution is -2.61. The predicted molar refractivity (Wildman–Crippen MR) is 281 cm³/mol. The molecule has 6 heteroatoms. The largest absolute Gasteiger partial charge is 0.436 e. The number of benzene rings is 8. The van der Waals surface area contributed by atoms with Crippen molar-refractivity contribution < 1.29 is 4.42 Å². The van der Waals surface area contributed by atoms with Gasteiger partial charge in [-0.1, -0.05) is 134 Å². The van der Waals surface area contributed by atoms with Crippen LogP contribution in [-0.4, -0.2) is 16.4 Å². The van der Waals surface area contributed by atoms with Crippen LogP contribution in [0.25, 0.3) is 92.5 Å². The van der Waals surface area contributed by atoms with Gasteiger partial charge in [0.15, 0.2) is 5.58 Å². The van der Waals surface area contributed by atoms with Gasteiger partial charge in [-0.2, -0.15) is 0 Å². The van der Waals surface area contributed by atoms with Crippen LogP contribution in [0.2, 0.25) is 0 Å². The summed E-state index contributed by atoms with van der Waals surface area (Å²) in [5.41, 5.74) is 21.8. The first kappa shape index (κ1) is 38.4. The molecule has 4 nitrogen and oxygen atoms in total. The van der Waals surface area contributed by atoms with E-state index in [0.29, 0.717) is 5.89 Å². The van der Waals surface area contributed by atoms with Gasteiger partial charge in [0.2, 0.25) is 5.89 Å². The second-order valence-corrected chi connectivity index (χ2v) is 22.6. The molecule has 8 aromatic carbocycles. The average molecular weight is 870 g/mol. The van der Waals surface area contributed by atoms with E-state index in [1.54, 1.807) is 0 Å². The van der Waals surface area contributed by atoms with Crippen LogP contribution >= 0.6 is 11.3 Å². The van der Waals surface area contributed by atoms with Crippen LogP contribution in [0, 0.1) is 0 Å². The van der Waals surface area contributed by atoms with Crippen LogP contribution in [0.3, 0.4) is 0 Å². The van der Waals surface area contributed by atoms with Gasteiger partial charge >= 0.3 is 6.85 Å². The number of nitrogens with zero attached hydrogens (tertiary/aromatic N) is 3. The summed E-state index contributed by atoms with van der Waals surface area (Å²) >= 11 is 1.91. The van der Waals surface area contributed by atoms with Crippen molar-refractivity contribution >= 4 is 93.6 Å². The van der Waals surface area contributed by atoms with Crippen LogP contribution in [0.5, 0.6) is 0 Å². The Labute approximate surface area is 389 Å². The van der Waals surface area contributed by atoms with Crippen molar-refractivity contribution in [3.05, 3.63) is 168 Å². The summed E-state index contributed by atoms with van der Waals surface area (Å²) < 4.78 is 12.0. The molecule has 0 N–H and O–H groups in total. The Morgan fingerprint density at radius 3 is 2.14 bits per heavy atom. The number of fused-ring (bicyclic) bond motifs is 17. The smallest absolute Gasteiger partial charge is 0.333 e. The fraction of sp³-hybridized carbons (Fsp3) is 0.183. The Morgan fingerprint density at radius 1 is 0.621 bits per heavy atom. The highest BCUT2D eigenvalue weighted by Crippen LogP contribution is 2.60. The Balaban J connectivity index is 1.21. The molecule has 11 aromatic rings. The van der Waals surface area contributed by atoms with Crippen molar-refractivity contribution in [3.8, 4) is 39.4 Å². The fourth-order valence-corrected chi connectivity index (χ4v) is 13.2. The van der Waals surface area contributed by atoms with E-state index in [1.165, 1.54) is 109 Å². The maximum atomic E-state index is 6.77.